The van der Waals surface area contributed by atoms with Crippen LogP contribution in [0.2, 0.25) is 0 Å². The van der Waals surface area contributed by atoms with Crippen molar-refractivity contribution in [3.8, 4) is 0 Å². The number of benzene rings is 1. The van der Waals surface area contributed by atoms with E-state index < -0.39 is 29.1 Å². The fourth-order valence-electron chi connectivity index (χ4n) is 0.906. The van der Waals surface area contributed by atoms with Crippen molar-refractivity contribution in [3.05, 3.63) is 35.4 Å². The van der Waals surface area contributed by atoms with Crippen LogP contribution in [0.5, 0.6) is 0 Å². The predicted molar refractivity (Wildman–Crippen MR) is 48.2 cm³/mol. The summed E-state index contributed by atoms with van der Waals surface area (Å²) in [6.45, 7) is 0. The summed E-state index contributed by atoms with van der Waals surface area (Å²) in [6.07, 6.45) is -1.48. The molecule has 1 rings (SSSR count). The van der Waals surface area contributed by atoms with Crippen LogP contribution >= 0.6 is 0 Å². The fraction of sp³-hybridized carbons (Fsp3) is 0. The van der Waals surface area contributed by atoms with E-state index in [2.05, 4.69) is 5.10 Å². The number of amidine groups is 1. The van der Waals surface area contributed by atoms with Gasteiger partial charge in [0.15, 0.2) is 5.84 Å². The number of carboxylic acid groups (broad SMARTS) is 1. The average Bonchev–Trinajstić information content (AvgIpc) is 2.14. The van der Waals surface area contributed by atoms with E-state index in [-0.39, 0.29) is 0 Å². The van der Waals surface area contributed by atoms with Gasteiger partial charge in [0.05, 0.1) is 5.56 Å². The first kappa shape index (κ1) is 10.9. The van der Waals surface area contributed by atoms with Gasteiger partial charge >= 0.3 is 6.09 Å². The van der Waals surface area contributed by atoms with E-state index in [0.717, 1.165) is 18.2 Å². The zero-order chi connectivity index (χ0) is 11.4. The van der Waals surface area contributed by atoms with Crippen LogP contribution in [0.25, 0.3) is 0 Å². The Morgan fingerprint density at radius 3 is 2.40 bits per heavy atom. The average molecular weight is 215 g/mol. The van der Waals surface area contributed by atoms with Crippen molar-refractivity contribution in [2.75, 3.05) is 0 Å². The van der Waals surface area contributed by atoms with Crippen LogP contribution in [0, 0.1) is 11.6 Å². The Labute approximate surface area is 83.2 Å². The second kappa shape index (κ2) is 4.36. The van der Waals surface area contributed by atoms with Crippen LogP contribution in [0.3, 0.4) is 0 Å². The molecule has 0 aliphatic heterocycles. The van der Waals surface area contributed by atoms with Gasteiger partial charge in [-0.05, 0) is 12.1 Å². The zero-order valence-corrected chi connectivity index (χ0v) is 7.37. The quantitative estimate of drug-likeness (QED) is 0.388. The third-order valence-corrected chi connectivity index (χ3v) is 1.49. The minimum atomic E-state index is -1.48. The van der Waals surface area contributed by atoms with Crippen molar-refractivity contribution in [3.63, 3.8) is 0 Å². The number of halogens is 2. The van der Waals surface area contributed by atoms with Crippen molar-refractivity contribution in [2.24, 2.45) is 10.8 Å². The number of rotatable bonds is 2. The van der Waals surface area contributed by atoms with Gasteiger partial charge in [-0.2, -0.15) is 5.10 Å². The van der Waals surface area contributed by atoms with E-state index in [9.17, 15) is 13.6 Å². The standard InChI is InChI=1S/C8H7F2N3O2/c9-4-2-1-3-5(10)6(4)7(11)12-13-8(14)15/h1-3,13H,(H2,11,12)(H,14,15). The van der Waals surface area contributed by atoms with Gasteiger partial charge in [-0.15, -0.1) is 0 Å². The highest BCUT2D eigenvalue weighted by molar-refractivity contribution is 5.98. The molecule has 0 aromatic heterocycles. The summed E-state index contributed by atoms with van der Waals surface area (Å²) >= 11 is 0. The Bertz CT molecular complexity index is 400. The van der Waals surface area contributed by atoms with E-state index in [1.807, 2.05) is 0 Å². The van der Waals surface area contributed by atoms with Crippen LogP contribution in [0.1, 0.15) is 5.56 Å². The number of carbonyl (C=O) groups is 1. The summed E-state index contributed by atoms with van der Waals surface area (Å²) in [7, 11) is 0. The second-order valence-electron chi connectivity index (χ2n) is 2.51. The van der Waals surface area contributed by atoms with Gasteiger partial charge in [-0.1, -0.05) is 6.07 Å². The molecule has 0 spiro atoms. The number of nitrogens with two attached hydrogens (primary N) is 1. The fourth-order valence-corrected chi connectivity index (χ4v) is 0.906. The van der Waals surface area contributed by atoms with Crippen LogP contribution < -0.4 is 11.2 Å². The Kier molecular flexibility index (Phi) is 3.17. The number of nitrogens with one attached hydrogen (secondary N) is 1. The van der Waals surface area contributed by atoms with E-state index in [1.165, 1.54) is 0 Å². The highest BCUT2D eigenvalue weighted by atomic mass is 19.1. The third-order valence-electron chi connectivity index (χ3n) is 1.49. The van der Waals surface area contributed by atoms with Crippen LogP contribution in [-0.4, -0.2) is 17.0 Å². The number of nitrogens with zero attached hydrogens (tertiary/aromatic N) is 1. The number of hydrogen-bond donors (Lipinski definition) is 3. The zero-order valence-electron chi connectivity index (χ0n) is 7.37. The summed E-state index contributed by atoms with van der Waals surface area (Å²) < 4.78 is 26.1. The number of amides is 1. The first-order chi connectivity index (χ1) is 7.02. The van der Waals surface area contributed by atoms with E-state index in [0.29, 0.717) is 0 Å². The molecule has 7 heteroatoms. The van der Waals surface area contributed by atoms with E-state index >= 15 is 0 Å². The molecule has 1 amide bonds. The largest absolute Gasteiger partial charge is 0.464 e. The molecule has 0 unspecified atom stereocenters. The summed E-state index contributed by atoms with van der Waals surface area (Å²) in [6, 6.07) is 3.13. The van der Waals surface area contributed by atoms with Gasteiger partial charge in [0.1, 0.15) is 11.6 Å². The summed E-state index contributed by atoms with van der Waals surface area (Å²) in [5.41, 5.74) is 6.17. The molecule has 4 N–H and O–H groups in total. The Hall–Kier alpha value is -2.18. The lowest BCUT2D eigenvalue weighted by Gasteiger charge is -2.03. The molecule has 15 heavy (non-hydrogen) atoms. The SMILES string of the molecule is N/C(=N/NC(=O)O)c1c(F)cccc1F. The maximum absolute atomic E-state index is 13.0. The van der Waals surface area contributed by atoms with Crippen LogP contribution in [0.15, 0.2) is 23.3 Å². The summed E-state index contributed by atoms with van der Waals surface area (Å²) in [5.74, 6) is -2.40. The van der Waals surface area contributed by atoms with E-state index in [1.54, 1.807) is 5.43 Å². The summed E-state index contributed by atoms with van der Waals surface area (Å²) in [4.78, 5) is 10.0. The summed E-state index contributed by atoms with van der Waals surface area (Å²) in [5, 5.41) is 11.3. The Balaban J connectivity index is 3.05. The van der Waals surface area contributed by atoms with E-state index in [4.69, 9.17) is 10.8 Å². The Morgan fingerprint density at radius 2 is 1.93 bits per heavy atom. The molecule has 5 nitrogen and oxygen atoms in total. The lowest BCUT2D eigenvalue weighted by atomic mass is 10.2. The van der Waals surface area contributed by atoms with Gasteiger partial charge in [0, 0.05) is 0 Å². The molecule has 0 aliphatic rings. The highest BCUT2D eigenvalue weighted by Gasteiger charge is 2.12. The normalized spacial score (nSPS) is 11.2. The minimum Gasteiger partial charge on any atom is -0.464 e. The van der Waals surface area contributed by atoms with Crippen molar-refractivity contribution in [2.45, 2.75) is 0 Å². The molecule has 1 aromatic rings. The maximum Gasteiger partial charge on any atom is 0.425 e. The van der Waals surface area contributed by atoms with Crippen LogP contribution in [-0.2, 0) is 0 Å². The third kappa shape index (κ3) is 2.63. The smallest absolute Gasteiger partial charge is 0.425 e. The maximum atomic E-state index is 13.0. The Morgan fingerprint density at radius 1 is 1.40 bits per heavy atom. The van der Waals surface area contributed by atoms with Crippen molar-refractivity contribution in [1.29, 1.82) is 0 Å². The van der Waals surface area contributed by atoms with Crippen LogP contribution in [0.4, 0.5) is 13.6 Å². The van der Waals surface area contributed by atoms with Gasteiger partial charge in [-0.25, -0.2) is 19.0 Å². The second-order valence-corrected chi connectivity index (χ2v) is 2.51. The highest BCUT2D eigenvalue weighted by Crippen LogP contribution is 2.10. The molecular formula is C8H7F2N3O2. The molecule has 0 heterocycles. The first-order valence-corrected chi connectivity index (χ1v) is 3.79. The lowest BCUT2D eigenvalue weighted by Crippen LogP contribution is -2.24. The first-order valence-electron chi connectivity index (χ1n) is 3.79. The van der Waals surface area contributed by atoms with Gasteiger partial charge in [0.2, 0.25) is 0 Å². The lowest BCUT2D eigenvalue weighted by molar-refractivity contribution is 0.195. The van der Waals surface area contributed by atoms with Crippen molar-refractivity contribution >= 4 is 11.9 Å². The molecule has 0 saturated carbocycles. The molecule has 80 valence electrons. The molecule has 0 fully saturated rings. The molecule has 0 saturated heterocycles. The van der Waals surface area contributed by atoms with Crippen molar-refractivity contribution < 1.29 is 18.7 Å². The molecule has 0 radical (unpaired) electrons. The van der Waals surface area contributed by atoms with Gasteiger partial charge < -0.3 is 10.8 Å². The number of hydrogen-bond acceptors (Lipinski definition) is 2. The molecule has 1 aromatic carbocycles. The molecule has 0 bridgehead atoms. The van der Waals surface area contributed by atoms with Gasteiger partial charge in [-0.3, -0.25) is 0 Å². The minimum absolute atomic E-state index is 0.564. The monoisotopic (exact) mass is 215 g/mol. The van der Waals surface area contributed by atoms with Gasteiger partial charge in [0.25, 0.3) is 0 Å². The molecular weight excluding hydrogens is 208 g/mol. The van der Waals surface area contributed by atoms with Crippen molar-refractivity contribution in [1.82, 2.24) is 5.43 Å². The topological polar surface area (TPSA) is 87.7 Å². The molecule has 0 aliphatic carbocycles. The predicted octanol–water partition coefficient (Wildman–Crippen LogP) is 0.853. The number of hydrazone groups is 1. The molecule has 0 atom stereocenters.